The van der Waals surface area contributed by atoms with Gasteiger partial charge >= 0.3 is 0 Å². The molecule has 2 aliphatic rings. The molecule has 0 bridgehead atoms. The molecule has 0 spiro atoms. The molecule has 1 aliphatic heterocycles. The van der Waals surface area contributed by atoms with E-state index in [0.717, 1.165) is 42.5 Å². The van der Waals surface area contributed by atoms with E-state index in [4.69, 9.17) is 0 Å². The van der Waals surface area contributed by atoms with Crippen LogP contribution in [0.1, 0.15) is 63.5 Å². The third kappa shape index (κ3) is 5.13. The number of hydrogen-bond acceptors (Lipinski definition) is 3. The van der Waals surface area contributed by atoms with Crippen molar-refractivity contribution in [1.82, 2.24) is 9.80 Å². The Hall–Kier alpha value is -1.88. The van der Waals surface area contributed by atoms with E-state index in [0.29, 0.717) is 37.6 Å². The molecule has 1 aromatic rings. The Balaban J connectivity index is 1.55. The normalized spacial score (nSPS) is 22.4. The lowest BCUT2D eigenvalue weighted by molar-refractivity contribution is -0.138. The van der Waals surface area contributed by atoms with Gasteiger partial charge in [-0.2, -0.15) is 0 Å². The van der Waals surface area contributed by atoms with Crippen LogP contribution in [0.4, 0.5) is 5.69 Å². The van der Waals surface area contributed by atoms with Gasteiger partial charge in [-0.05, 0) is 70.9 Å². The van der Waals surface area contributed by atoms with Crippen LogP contribution in [0.3, 0.4) is 0 Å². The summed E-state index contributed by atoms with van der Waals surface area (Å²) in [7, 11) is 0. The molecule has 1 saturated heterocycles. The number of anilines is 1. The van der Waals surface area contributed by atoms with E-state index in [1.54, 1.807) is 0 Å². The van der Waals surface area contributed by atoms with E-state index in [-0.39, 0.29) is 11.8 Å². The van der Waals surface area contributed by atoms with E-state index in [1.807, 2.05) is 32.0 Å². The van der Waals surface area contributed by atoms with Crippen LogP contribution >= 0.6 is 0 Å². The second-order valence-electron chi connectivity index (χ2n) is 8.70. The zero-order chi connectivity index (χ0) is 20.3. The highest BCUT2D eigenvalue weighted by atomic mass is 16.2. The molecule has 3 rings (SSSR count). The van der Waals surface area contributed by atoms with Crippen LogP contribution in [-0.2, 0) is 9.59 Å². The Morgan fingerprint density at radius 1 is 1.07 bits per heavy atom. The fourth-order valence-electron chi connectivity index (χ4n) is 4.49. The second-order valence-corrected chi connectivity index (χ2v) is 8.70. The van der Waals surface area contributed by atoms with Gasteiger partial charge in [0.15, 0.2) is 0 Å². The van der Waals surface area contributed by atoms with Gasteiger partial charge in [0.2, 0.25) is 11.8 Å². The summed E-state index contributed by atoms with van der Waals surface area (Å²) in [5.41, 5.74) is 3.07. The number of likely N-dealkylation sites (tertiary alicyclic amines) is 1. The minimum atomic E-state index is 0.0106. The molecule has 1 aliphatic carbocycles. The monoisotopic (exact) mass is 385 g/mol. The highest BCUT2D eigenvalue weighted by molar-refractivity contribution is 5.93. The van der Waals surface area contributed by atoms with Crippen molar-refractivity contribution in [2.24, 2.45) is 0 Å². The lowest BCUT2D eigenvalue weighted by Crippen LogP contribution is -2.48. The average molecular weight is 386 g/mol. The fraction of sp³-hybridized carbons (Fsp3) is 0.652. The van der Waals surface area contributed by atoms with E-state index in [1.165, 1.54) is 6.42 Å². The number of para-hydroxylation sites is 1. The van der Waals surface area contributed by atoms with E-state index >= 15 is 0 Å². The number of carbonyl (C=O) groups is 2. The maximum atomic E-state index is 12.8. The number of hydrogen-bond donors (Lipinski definition) is 1. The first-order chi connectivity index (χ1) is 13.4. The van der Waals surface area contributed by atoms with Crippen LogP contribution in [0, 0.1) is 13.8 Å². The lowest BCUT2D eigenvalue weighted by atomic mass is 9.97. The molecule has 2 atom stereocenters. The molecule has 1 heterocycles. The third-order valence-corrected chi connectivity index (χ3v) is 6.25. The standard InChI is InChI=1S/C23H35N3O2/c1-16-7-5-8-17(2)23(16)24-21(27)15-25(20-11-12-20)14-13-22(28)26-18(3)9-6-10-19(26)4/h5,7-8,18-20H,6,9-15H2,1-4H3,(H,24,27). The van der Waals surface area contributed by atoms with Gasteiger partial charge in [-0.3, -0.25) is 14.5 Å². The number of rotatable bonds is 7. The quantitative estimate of drug-likeness (QED) is 0.775. The molecule has 5 nitrogen and oxygen atoms in total. The Morgan fingerprint density at radius 3 is 2.25 bits per heavy atom. The van der Waals surface area contributed by atoms with Crippen LogP contribution in [0.25, 0.3) is 0 Å². The molecule has 1 N–H and O–H groups in total. The van der Waals surface area contributed by atoms with Crippen LogP contribution in [0.15, 0.2) is 18.2 Å². The van der Waals surface area contributed by atoms with Gasteiger partial charge in [0.25, 0.3) is 0 Å². The minimum absolute atomic E-state index is 0.0106. The largest absolute Gasteiger partial charge is 0.337 e. The van der Waals surface area contributed by atoms with Crippen LogP contribution in [0.5, 0.6) is 0 Å². The summed E-state index contributed by atoms with van der Waals surface area (Å²) in [5.74, 6) is 0.247. The summed E-state index contributed by atoms with van der Waals surface area (Å²) >= 11 is 0. The van der Waals surface area contributed by atoms with Crippen molar-refractivity contribution >= 4 is 17.5 Å². The maximum Gasteiger partial charge on any atom is 0.238 e. The first-order valence-corrected chi connectivity index (χ1v) is 10.8. The number of piperidine rings is 1. The molecule has 1 aromatic carbocycles. The van der Waals surface area contributed by atoms with Gasteiger partial charge in [0, 0.05) is 36.8 Å². The molecule has 1 saturated carbocycles. The summed E-state index contributed by atoms with van der Waals surface area (Å²) in [6.07, 6.45) is 6.16. The summed E-state index contributed by atoms with van der Waals surface area (Å²) in [6, 6.07) is 7.15. The maximum absolute atomic E-state index is 12.8. The van der Waals surface area contributed by atoms with Gasteiger partial charge < -0.3 is 10.2 Å². The Morgan fingerprint density at radius 2 is 1.68 bits per heavy atom. The molecular formula is C23H35N3O2. The SMILES string of the molecule is Cc1cccc(C)c1NC(=O)CN(CCC(=O)N1C(C)CCCC1C)C1CC1. The van der Waals surface area contributed by atoms with Gasteiger partial charge in [0.05, 0.1) is 6.54 Å². The lowest BCUT2D eigenvalue weighted by Gasteiger charge is -2.39. The first-order valence-electron chi connectivity index (χ1n) is 10.8. The zero-order valence-corrected chi connectivity index (χ0v) is 17.8. The number of nitrogens with one attached hydrogen (secondary N) is 1. The number of aryl methyl sites for hydroxylation is 2. The highest BCUT2D eigenvalue weighted by Gasteiger charge is 2.33. The molecule has 0 aromatic heterocycles. The highest BCUT2D eigenvalue weighted by Crippen LogP contribution is 2.28. The Bertz CT molecular complexity index is 684. The van der Waals surface area contributed by atoms with Gasteiger partial charge in [-0.1, -0.05) is 18.2 Å². The Labute approximate surface area is 169 Å². The molecule has 2 fully saturated rings. The number of carbonyl (C=O) groups excluding carboxylic acids is 2. The van der Waals surface area contributed by atoms with Crippen LogP contribution in [0.2, 0.25) is 0 Å². The molecule has 5 heteroatoms. The van der Waals surface area contributed by atoms with E-state index in [2.05, 4.69) is 29.0 Å². The molecule has 2 amide bonds. The smallest absolute Gasteiger partial charge is 0.238 e. The predicted molar refractivity (Wildman–Crippen MR) is 113 cm³/mol. The molecular weight excluding hydrogens is 350 g/mol. The van der Waals surface area contributed by atoms with Gasteiger partial charge in [-0.25, -0.2) is 0 Å². The van der Waals surface area contributed by atoms with E-state index < -0.39 is 0 Å². The van der Waals surface area contributed by atoms with Crippen molar-refractivity contribution in [1.29, 1.82) is 0 Å². The summed E-state index contributed by atoms with van der Waals surface area (Å²) < 4.78 is 0. The van der Waals surface area contributed by atoms with Crippen molar-refractivity contribution < 1.29 is 9.59 Å². The summed E-state index contributed by atoms with van der Waals surface area (Å²) in [5, 5.41) is 3.08. The van der Waals surface area contributed by atoms with Gasteiger partial charge in [-0.15, -0.1) is 0 Å². The zero-order valence-electron chi connectivity index (χ0n) is 17.8. The molecule has 2 unspecified atom stereocenters. The van der Waals surface area contributed by atoms with Crippen molar-refractivity contribution in [3.8, 4) is 0 Å². The van der Waals surface area contributed by atoms with Crippen LogP contribution in [-0.4, -0.2) is 52.8 Å². The molecule has 154 valence electrons. The number of nitrogens with zero attached hydrogens (tertiary/aromatic N) is 2. The van der Waals surface area contributed by atoms with E-state index in [9.17, 15) is 9.59 Å². The Kier molecular flexibility index (Phi) is 6.76. The van der Waals surface area contributed by atoms with Crippen molar-refractivity contribution in [3.05, 3.63) is 29.3 Å². The molecule has 28 heavy (non-hydrogen) atoms. The summed E-state index contributed by atoms with van der Waals surface area (Å²) in [4.78, 5) is 29.8. The van der Waals surface area contributed by atoms with Crippen molar-refractivity contribution in [3.63, 3.8) is 0 Å². The fourth-order valence-corrected chi connectivity index (χ4v) is 4.49. The van der Waals surface area contributed by atoms with Crippen LogP contribution < -0.4 is 5.32 Å². The number of benzene rings is 1. The third-order valence-electron chi connectivity index (χ3n) is 6.25. The second kappa shape index (κ2) is 9.08. The van der Waals surface area contributed by atoms with Crippen molar-refractivity contribution in [2.75, 3.05) is 18.4 Å². The van der Waals surface area contributed by atoms with Gasteiger partial charge in [0.1, 0.15) is 0 Å². The topological polar surface area (TPSA) is 52.7 Å². The minimum Gasteiger partial charge on any atom is -0.337 e. The van der Waals surface area contributed by atoms with Crippen molar-refractivity contribution in [2.45, 2.75) is 84.3 Å². The molecule has 0 radical (unpaired) electrons. The first kappa shape index (κ1) is 20.8. The summed E-state index contributed by atoms with van der Waals surface area (Å²) in [6.45, 7) is 9.37. The average Bonchev–Trinajstić information content (AvgIpc) is 3.47. The predicted octanol–water partition coefficient (Wildman–Crippen LogP) is 3.89. The number of amides is 2.